The molecule has 0 aliphatic carbocycles. The number of ether oxygens (including phenoxy) is 1. The molecule has 0 aliphatic rings. The van der Waals surface area contributed by atoms with Crippen molar-refractivity contribution in [2.75, 3.05) is 7.11 Å². The van der Waals surface area contributed by atoms with Gasteiger partial charge < -0.3 is 4.74 Å². The summed E-state index contributed by atoms with van der Waals surface area (Å²) >= 11 is 0. The predicted octanol–water partition coefficient (Wildman–Crippen LogP) is 2.82. The summed E-state index contributed by atoms with van der Waals surface area (Å²) in [6.45, 7) is 2.00. The van der Waals surface area contributed by atoms with Gasteiger partial charge in [0.2, 0.25) is 0 Å². The average Bonchev–Trinajstić information content (AvgIpc) is 2.15. The van der Waals surface area contributed by atoms with Gasteiger partial charge in [0.1, 0.15) is 5.75 Å². The molecule has 0 atom stereocenters. The van der Waals surface area contributed by atoms with Crippen molar-refractivity contribution in [2.45, 2.75) is 6.92 Å². The normalized spacial score (nSPS) is 10.5. The number of hydrogen-bond acceptors (Lipinski definition) is 1. The fourth-order valence-corrected chi connectivity index (χ4v) is 0.953. The summed E-state index contributed by atoms with van der Waals surface area (Å²) in [6, 6.07) is 7.96. The van der Waals surface area contributed by atoms with E-state index in [0.29, 0.717) is 0 Å². The molecule has 63 valence electrons. The summed E-state index contributed by atoms with van der Waals surface area (Å²) in [4.78, 5) is 0. The molecule has 0 heterocycles. The summed E-state index contributed by atoms with van der Waals surface area (Å²) in [6.07, 6.45) is 6.05. The average molecular weight is 161 g/mol. The molecule has 0 saturated heterocycles. The van der Waals surface area contributed by atoms with Crippen LogP contribution in [-0.4, -0.2) is 7.11 Å². The number of rotatable bonds is 3. The van der Waals surface area contributed by atoms with Crippen LogP contribution >= 0.6 is 0 Å². The van der Waals surface area contributed by atoms with Crippen molar-refractivity contribution < 1.29 is 4.74 Å². The second-order valence-electron chi connectivity index (χ2n) is 2.47. The molecule has 0 amide bonds. The molecule has 1 radical (unpaired) electrons. The van der Waals surface area contributed by atoms with Crippen molar-refractivity contribution in [3.8, 4) is 5.75 Å². The van der Waals surface area contributed by atoms with Gasteiger partial charge in [-0.3, -0.25) is 0 Å². The van der Waals surface area contributed by atoms with Gasteiger partial charge >= 0.3 is 0 Å². The lowest BCUT2D eigenvalue weighted by molar-refractivity contribution is 0.414. The first kappa shape index (κ1) is 8.85. The van der Waals surface area contributed by atoms with E-state index in [-0.39, 0.29) is 0 Å². The molecular formula is C11H13O. The van der Waals surface area contributed by atoms with E-state index in [2.05, 4.69) is 0 Å². The minimum atomic E-state index is 0.897. The number of methoxy groups -OCH3 is 1. The molecule has 0 spiro atoms. The largest absolute Gasteiger partial charge is 0.497 e. The molecule has 0 N–H and O–H groups in total. The first-order valence-corrected chi connectivity index (χ1v) is 3.97. The van der Waals surface area contributed by atoms with E-state index < -0.39 is 0 Å². The Balaban J connectivity index is 2.72. The highest BCUT2D eigenvalue weighted by molar-refractivity contribution is 5.35. The Hall–Kier alpha value is -1.24. The van der Waals surface area contributed by atoms with Gasteiger partial charge in [0.25, 0.3) is 0 Å². The molecule has 1 aromatic rings. The number of allylic oxidation sites excluding steroid dienone is 2. The summed E-state index contributed by atoms with van der Waals surface area (Å²) < 4.78 is 5.09. The lowest BCUT2D eigenvalue weighted by atomic mass is 10.1. The zero-order valence-corrected chi connectivity index (χ0v) is 7.45. The van der Waals surface area contributed by atoms with E-state index in [1.165, 1.54) is 0 Å². The van der Waals surface area contributed by atoms with Gasteiger partial charge in [0, 0.05) is 6.42 Å². The van der Waals surface area contributed by atoms with Gasteiger partial charge in [-0.1, -0.05) is 24.3 Å². The third kappa shape index (κ3) is 2.42. The highest BCUT2D eigenvalue weighted by atomic mass is 16.5. The van der Waals surface area contributed by atoms with Crippen molar-refractivity contribution in [3.63, 3.8) is 0 Å². The van der Waals surface area contributed by atoms with E-state index in [0.717, 1.165) is 11.3 Å². The van der Waals surface area contributed by atoms with Gasteiger partial charge in [-0.2, -0.15) is 0 Å². The minimum absolute atomic E-state index is 0.897. The fourth-order valence-electron chi connectivity index (χ4n) is 0.953. The fraction of sp³-hybridized carbons (Fsp3) is 0.182. The van der Waals surface area contributed by atoms with Gasteiger partial charge in [-0.25, -0.2) is 0 Å². The maximum absolute atomic E-state index is 5.09. The second-order valence-corrected chi connectivity index (χ2v) is 2.47. The van der Waals surface area contributed by atoms with Crippen LogP contribution in [0.3, 0.4) is 0 Å². The first-order valence-electron chi connectivity index (χ1n) is 3.97. The SMILES string of the molecule is C/C=C/[CH]c1cccc(OC)c1. The topological polar surface area (TPSA) is 9.23 Å². The highest BCUT2D eigenvalue weighted by Crippen LogP contribution is 2.13. The van der Waals surface area contributed by atoms with E-state index in [9.17, 15) is 0 Å². The zero-order chi connectivity index (χ0) is 8.81. The van der Waals surface area contributed by atoms with Crippen LogP contribution < -0.4 is 4.74 Å². The van der Waals surface area contributed by atoms with Gasteiger partial charge in [-0.05, 0) is 24.6 Å². The highest BCUT2D eigenvalue weighted by Gasteiger charge is 1.92. The van der Waals surface area contributed by atoms with Crippen molar-refractivity contribution in [1.29, 1.82) is 0 Å². The van der Waals surface area contributed by atoms with Crippen LogP contribution in [-0.2, 0) is 0 Å². The summed E-state index contributed by atoms with van der Waals surface area (Å²) in [5.74, 6) is 0.897. The molecule has 1 rings (SSSR count). The number of benzene rings is 1. The quantitative estimate of drug-likeness (QED) is 0.662. The second kappa shape index (κ2) is 4.60. The molecule has 1 heteroatoms. The van der Waals surface area contributed by atoms with Crippen LogP contribution in [0.5, 0.6) is 5.75 Å². The van der Waals surface area contributed by atoms with Gasteiger partial charge in [0.15, 0.2) is 0 Å². The molecule has 0 bridgehead atoms. The monoisotopic (exact) mass is 161 g/mol. The molecular weight excluding hydrogens is 148 g/mol. The summed E-state index contributed by atoms with van der Waals surface area (Å²) in [5.41, 5.74) is 1.16. The molecule has 0 unspecified atom stereocenters. The Kier molecular flexibility index (Phi) is 3.39. The van der Waals surface area contributed by atoms with E-state index in [4.69, 9.17) is 4.74 Å². The third-order valence-electron chi connectivity index (χ3n) is 1.57. The minimum Gasteiger partial charge on any atom is -0.497 e. The number of hydrogen-bond donors (Lipinski definition) is 0. The Morgan fingerprint density at radius 1 is 1.33 bits per heavy atom. The van der Waals surface area contributed by atoms with Crippen LogP contribution in [0.25, 0.3) is 0 Å². The standard InChI is InChI=1S/C11H13O/c1-3-4-6-10-7-5-8-11(9-10)12-2/h3-9H,1-2H3/b4-3+. The molecule has 0 saturated carbocycles. The van der Waals surface area contributed by atoms with Crippen molar-refractivity contribution >= 4 is 0 Å². The third-order valence-corrected chi connectivity index (χ3v) is 1.57. The van der Waals surface area contributed by atoms with Crippen LogP contribution in [0.15, 0.2) is 36.4 Å². The molecule has 1 aromatic carbocycles. The maximum atomic E-state index is 5.09. The van der Waals surface area contributed by atoms with Crippen LogP contribution in [0.1, 0.15) is 12.5 Å². The first-order chi connectivity index (χ1) is 5.86. The van der Waals surface area contributed by atoms with E-state index in [1.807, 2.05) is 49.8 Å². The predicted molar refractivity (Wildman–Crippen MR) is 51.2 cm³/mol. The summed E-state index contributed by atoms with van der Waals surface area (Å²) in [7, 11) is 1.68. The smallest absolute Gasteiger partial charge is 0.119 e. The van der Waals surface area contributed by atoms with Gasteiger partial charge in [-0.15, -0.1) is 0 Å². The Labute approximate surface area is 73.7 Å². The molecule has 0 aliphatic heterocycles. The summed E-state index contributed by atoms with van der Waals surface area (Å²) in [5, 5.41) is 0. The van der Waals surface area contributed by atoms with Crippen LogP contribution in [0.4, 0.5) is 0 Å². The molecule has 0 aromatic heterocycles. The zero-order valence-electron chi connectivity index (χ0n) is 7.45. The van der Waals surface area contributed by atoms with E-state index >= 15 is 0 Å². The van der Waals surface area contributed by atoms with Crippen molar-refractivity contribution in [1.82, 2.24) is 0 Å². The van der Waals surface area contributed by atoms with E-state index in [1.54, 1.807) is 7.11 Å². The molecule has 0 fully saturated rings. The van der Waals surface area contributed by atoms with Crippen LogP contribution in [0.2, 0.25) is 0 Å². The molecule has 12 heavy (non-hydrogen) atoms. The Morgan fingerprint density at radius 2 is 2.17 bits per heavy atom. The van der Waals surface area contributed by atoms with Crippen LogP contribution in [0, 0.1) is 6.42 Å². The Morgan fingerprint density at radius 3 is 2.83 bits per heavy atom. The van der Waals surface area contributed by atoms with Crippen molar-refractivity contribution in [2.24, 2.45) is 0 Å². The van der Waals surface area contributed by atoms with Gasteiger partial charge in [0.05, 0.1) is 7.11 Å². The lowest BCUT2D eigenvalue weighted by Crippen LogP contribution is -1.83. The maximum Gasteiger partial charge on any atom is 0.119 e. The lowest BCUT2D eigenvalue weighted by Gasteiger charge is -2.00. The Bertz CT molecular complexity index is 263. The van der Waals surface area contributed by atoms with Crippen molar-refractivity contribution in [3.05, 3.63) is 48.4 Å². The molecule has 1 nitrogen and oxygen atoms in total.